The molecule has 35 heavy (non-hydrogen) atoms. The van der Waals surface area contributed by atoms with Crippen LogP contribution in [0, 0.1) is 5.82 Å². The van der Waals surface area contributed by atoms with Crippen molar-refractivity contribution in [1.29, 1.82) is 0 Å². The molecule has 0 amide bonds. The highest BCUT2D eigenvalue weighted by Gasteiger charge is 2.51. The van der Waals surface area contributed by atoms with Gasteiger partial charge in [-0.15, -0.1) is 0 Å². The lowest BCUT2D eigenvalue weighted by atomic mass is 10.1. The topological polar surface area (TPSA) is 55.3 Å². The maximum atomic E-state index is 13.3. The van der Waals surface area contributed by atoms with Crippen molar-refractivity contribution in [2.24, 2.45) is 5.73 Å². The third-order valence-corrected chi connectivity index (χ3v) is 11.9. The van der Waals surface area contributed by atoms with Crippen LogP contribution in [-0.4, -0.2) is 43.7 Å². The Morgan fingerprint density at radius 2 is 1.51 bits per heavy atom. The van der Waals surface area contributed by atoms with Gasteiger partial charge in [0.15, 0.2) is 0 Å². The van der Waals surface area contributed by atoms with Crippen LogP contribution < -0.4 is 16.1 Å². The first kappa shape index (κ1) is 25.0. The molecular weight excluding hydrogens is 455 g/mol. The predicted molar refractivity (Wildman–Crippen MR) is 142 cm³/mol. The highest BCUT2D eigenvalue weighted by molar-refractivity contribution is 6.99. The second-order valence-corrected chi connectivity index (χ2v) is 14.5. The summed E-state index contributed by atoms with van der Waals surface area (Å²) in [6.45, 7) is 7.40. The molecule has 4 nitrogen and oxygen atoms in total. The molecule has 182 valence electrons. The van der Waals surface area contributed by atoms with Crippen LogP contribution in [-0.2, 0) is 4.43 Å². The molecular formula is C29H34FN2O2Si+. The molecule has 2 N–H and O–H groups in total. The van der Waals surface area contributed by atoms with E-state index < -0.39 is 8.32 Å². The molecule has 3 aromatic rings. The quantitative estimate of drug-likeness (QED) is 0.294. The zero-order valence-corrected chi connectivity index (χ0v) is 21.7. The summed E-state index contributed by atoms with van der Waals surface area (Å²) in [6, 6.07) is 26.7. The Hall–Kier alpha value is -3.09. The number of ketones is 1. The van der Waals surface area contributed by atoms with Gasteiger partial charge in [0, 0.05) is 12.0 Å². The van der Waals surface area contributed by atoms with Crippen LogP contribution in [0.1, 0.15) is 44.0 Å². The molecule has 1 atom stereocenters. The average Bonchev–Trinajstić information content (AvgIpc) is 3.19. The number of amidine groups is 1. The Morgan fingerprint density at radius 3 is 2.03 bits per heavy atom. The fourth-order valence-electron chi connectivity index (χ4n) is 5.12. The van der Waals surface area contributed by atoms with Crippen molar-refractivity contribution in [2.75, 3.05) is 13.2 Å². The van der Waals surface area contributed by atoms with E-state index in [4.69, 9.17) is 10.2 Å². The van der Waals surface area contributed by atoms with E-state index >= 15 is 0 Å². The van der Waals surface area contributed by atoms with Crippen molar-refractivity contribution in [1.82, 2.24) is 0 Å². The SMILES string of the molecule is CC(C)(C)[Si](OC[C@H]1CCC(N)=[N+]1CC(=O)c1ccc(F)cc1)(c1ccccc1)c1ccccc1. The third kappa shape index (κ3) is 5.14. The van der Waals surface area contributed by atoms with Gasteiger partial charge in [0.05, 0.1) is 13.0 Å². The number of nitrogens with two attached hydrogens (primary N) is 1. The van der Waals surface area contributed by atoms with Crippen LogP contribution >= 0.6 is 0 Å². The van der Waals surface area contributed by atoms with Crippen LogP contribution in [0.4, 0.5) is 4.39 Å². The molecule has 0 bridgehead atoms. The second kappa shape index (κ2) is 10.3. The van der Waals surface area contributed by atoms with Crippen molar-refractivity contribution in [2.45, 2.75) is 44.7 Å². The number of benzene rings is 3. The number of Topliss-reactive ketones (excluding diaryl/α,β-unsaturated/α-hetero) is 1. The summed E-state index contributed by atoms with van der Waals surface area (Å²) in [5.74, 6) is 0.271. The maximum absolute atomic E-state index is 13.3. The smallest absolute Gasteiger partial charge is 0.261 e. The van der Waals surface area contributed by atoms with Crippen LogP contribution in [0.15, 0.2) is 84.9 Å². The highest BCUT2D eigenvalue weighted by Crippen LogP contribution is 2.37. The van der Waals surface area contributed by atoms with Crippen LogP contribution in [0.5, 0.6) is 0 Å². The number of carbonyl (C=O) groups excluding carboxylic acids is 1. The van der Waals surface area contributed by atoms with Crippen LogP contribution in [0.2, 0.25) is 5.04 Å². The van der Waals surface area contributed by atoms with Crippen molar-refractivity contribution < 1.29 is 18.2 Å². The van der Waals surface area contributed by atoms with Gasteiger partial charge in [0.2, 0.25) is 11.6 Å². The van der Waals surface area contributed by atoms with Gasteiger partial charge in [-0.3, -0.25) is 15.1 Å². The van der Waals surface area contributed by atoms with Gasteiger partial charge in [-0.05, 0) is 39.7 Å². The largest absolute Gasteiger partial charge is 0.403 e. The molecule has 4 rings (SSSR count). The molecule has 0 aromatic heterocycles. The molecule has 1 aliphatic heterocycles. The molecule has 0 fully saturated rings. The van der Waals surface area contributed by atoms with E-state index in [2.05, 4.69) is 69.3 Å². The van der Waals surface area contributed by atoms with Gasteiger partial charge in [-0.25, -0.2) is 4.39 Å². The molecule has 1 heterocycles. The summed E-state index contributed by atoms with van der Waals surface area (Å²) < 4.78 is 22.4. The van der Waals surface area contributed by atoms with E-state index in [1.165, 1.54) is 34.6 Å². The van der Waals surface area contributed by atoms with Gasteiger partial charge in [0.1, 0.15) is 18.4 Å². The summed E-state index contributed by atoms with van der Waals surface area (Å²) in [4.78, 5) is 12.9. The number of halogens is 1. The normalized spacial score (nSPS) is 16.5. The summed E-state index contributed by atoms with van der Waals surface area (Å²) in [7, 11) is -2.68. The summed E-state index contributed by atoms with van der Waals surface area (Å²) in [6.07, 6.45) is 1.56. The van der Waals surface area contributed by atoms with E-state index in [0.29, 0.717) is 18.0 Å². The zero-order chi connectivity index (χ0) is 25.1. The van der Waals surface area contributed by atoms with Gasteiger partial charge in [0.25, 0.3) is 8.32 Å². The molecule has 0 spiro atoms. The molecule has 0 radical (unpaired) electrons. The van der Waals surface area contributed by atoms with E-state index in [-0.39, 0.29) is 29.2 Å². The number of nitrogens with zero attached hydrogens (tertiary/aromatic N) is 1. The molecule has 1 aliphatic rings. The molecule has 0 saturated carbocycles. The van der Waals surface area contributed by atoms with E-state index in [9.17, 15) is 9.18 Å². The maximum Gasteiger partial charge on any atom is 0.261 e. The van der Waals surface area contributed by atoms with Crippen molar-refractivity contribution >= 4 is 30.3 Å². The first-order valence-corrected chi connectivity index (χ1v) is 14.0. The number of hydrogen-bond donors (Lipinski definition) is 1. The number of hydrogen-bond acceptors (Lipinski definition) is 3. The highest BCUT2D eigenvalue weighted by atomic mass is 28.4. The van der Waals surface area contributed by atoms with E-state index in [1.54, 1.807) is 0 Å². The van der Waals surface area contributed by atoms with Gasteiger partial charge in [-0.1, -0.05) is 81.4 Å². The van der Waals surface area contributed by atoms with Crippen LogP contribution in [0.3, 0.4) is 0 Å². The Morgan fingerprint density at radius 1 is 0.971 bits per heavy atom. The molecule has 0 saturated heterocycles. The van der Waals surface area contributed by atoms with Crippen molar-refractivity contribution in [3.8, 4) is 0 Å². The Bertz CT molecular complexity index is 1150. The fourth-order valence-corrected chi connectivity index (χ4v) is 9.71. The Labute approximate surface area is 208 Å². The van der Waals surface area contributed by atoms with Gasteiger partial charge < -0.3 is 4.43 Å². The summed E-state index contributed by atoms with van der Waals surface area (Å²) in [5, 5.41) is 2.32. The third-order valence-electron chi connectivity index (χ3n) is 6.93. The molecule has 3 aromatic carbocycles. The Kier molecular flexibility index (Phi) is 7.33. The predicted octanol–water partition coefficient (Wildman–Crippen LogP) is 4.12. The zero-order valence-electron chi connectivity index (χ0n) is 20.7. The molecule has 6 heteroatoms. The minimum atomic E-state index is -2.68. The Balaban J connectivity index is 1.63. The second-order valence-electron chi connectivity index (χ2n) is 10.2. The monoisotopic (exact) mass is 489 g/mol. The summed E-state index contributed by atoms with van der Waals surface area (Å²) in [5.41, 5.74) is 6.84. The first-order valence-electron chi connectivity index (χ1n) is 12.1. The van der Waals surface area contributed by atoms with Gasteiger partial charge >= 0.3 is 0 Å². The minimum absolute atomic E-state index is 0.000970. The number of rotatable bonds is 8. The van der Waals surface area contributed by atoms with E-state index in [1.807, 2.05) is 16.7 Å². The van der Waals surface area contributed by atoms with Crippen LogP contribution in [0.25, 0.3) is 0 Å². The molecule has 0 unspecified atom stereocenters. The lowest BCUT2D eigenvalue weighted by Gasteiger charge is -2.43. The van der Waals surface area contributed by atoms with Crippen molar-refractivity contribution in [3.63, 3.8) is 0 Å². The standard InChI is InChI=1S/C29H33FN2O2Si/c1-29(2,3)35(25-10-6-4-7-11-25,26-12-8-5-9-13-26)34-21-24-18-19-28(31)32(24)20-27(33)22-14-16-23(30)17-15-22/h4-17,24,31H,18-21H2,1-3H3/p+1/t24-/m1/s1. The fraction of sp³-hybridized carbons (Fsp3) is 0.310. The van der Waals surface area contributed by atoms with Crippen molar-refractivity contribution in [3.05, 3.63) is 96.3 Å². The first-order chi connectivity index (χ1) is 16.7. The lowest BCUT2D eigenvalue weighted by molar-refractivity contribution is -0.548. The molecule has 0 aliphatic carbocycles. The number of carbonyl (C=O) groups is 1. The summed E-state index contributed by atoms with van der Waals surface area (Å²) >= 11 is 0. The lowest BCUT2D eigenvalue weighted by Crippen LogP contribution is -2.67. The minimum Gasteiger partial charge on any atom is -0.403 e. The van der Waals surface area contributed by atoms with E-state index in [0.717, 1.165) is 12.8 Å². The van der Waals surface area contributed by atoms with Gasteiger partial charge in [-0.2, -0.15) is 0 Å². The average molecular weight is 490 g/mol.